The Balaban J connectivity index is 1.80. The number of ether oxygens (including phenoxy) is 1. The highest BCUT2D eigenvalue weighted by molar-refractivity contribution is 7.92. The molecule has 0 amide bonds. The number of nitrogens with two attached hydrogens (primary N) is 1. The van der Waals surface area contributed by atoms with Gasteiger partial charge in [-0.05, 0) is 29.8 Å². The molecule has 0 atom stereocenters. The number of anilines is 2. The van der Waals surface area contributed by atoms with Crippen molar-refractivity contribution in [1.29, 1.82) is 5.26 Å². The van der Waals surface area contributed by atoms with E-state index in [0.717, 1.165) is 22.9 Å². The van der Waals surface area contributed by atoms with E-state index in [9.17, 15) is 13.7 Å². The zero-order valence-electron chi connectivity index (χ0n) is 15.1. The lowest BCUT2D eigenvalue weighted by Gasteiger charge is -2.11. The number of pyridine rings is 1. The Morgan fingerprint density at radius 3 is 2.54 bits per heavy atom. The number of nitriles is 1. The van der Waals surface area contributed by atoms with Gasteiger partial charge in [0.15, 0.2) is 11.6 Å². The highest BCUT2D eigenvalue weighted by Gasteiger charge is 2.09. The van der Waals surface area contributed by atoms with Gasteiger partial charge >= 0.3 is 0 Å². The first-order chi connectivity index (χ1) is 13.4. The van der Waals surface area contributed by atoms with Gasteiger partial charge in [0.05, 0.1) is 17.9 Å². The largest absolute Gasteiger partial charge is 0.485 e. The Morgan fingerprint density at radius 1 is 1.14 bits per heavy atom. The van der Waals surface area contributed by atoms with Crippen molar-refractivity contribution in [2.75, 3.05) is 16.7 Å². The summed E-state index contributed by atoms with van der Waals surface area (Å²) in [4.78, 5) is 4.17. The van der Waals surface area contributed by atoms with Crippen LogP contribution in [0.2, 0.25) is 0 Å². The Bertz CT molecular complexity index is 1140. The van der Waals surface area contributed by atoms with E-state index in [0.29, 0.717) is 17.0 Å². The number of hydrogen-bond donors (Lipinski definition) is 2. The Hall–Kier alpha value is -3.57. The van der Waals surface area contributed by atoms with Crippen LogP contribution in [0.5, 0.6) is 5.75 Å². The van der Waals surface area contributed by atoms with Crippen molar-refractivity contribution in [3.63, 3.8) is 0 Å². The summed E-state index contributed by atoms with van der Waals surface area (Å²) in [5.41, 5.74) is 9.28. The first-order valence-corrected chi connectivity index (χ1v) is 10.2. The molecule has 0 bridgehead atoms. The van der Waals surface area contributed by atoms with Crippen molar-refractivity contribution in [2.45, 2.75) is 6.61 Å². The first-order valence-electron chi connectivity index (χ1n) is 8.30. The van der Waals surface area contributed by atoms with Gasteiger partial charge in [-0.1, -0.05) is 30.3 Å². The lowest BCUT2D eigenvalue weighted by atomic mass is 10.1. The summed E-state index contributed by atoms with van der Waals surface area (Å²) in [6.07, 6.45) is 2.71. The third kappa shape index (κ3) is 4.78. The third-order valence-corrected chi connectivity index (χ3v) is 4.53. The molecule has 28 heavy (non-hydrogen) atoms. The van der Waals surface area contributed by atoms with Crippen molar-refractivity contribution < 1.29 is 13.2 Å². The molecule has 1 aromatic heterocycles. The van der Waals surface area contributed by atoms with E-state index < -0.39 is 10.0 Å². The van der Waals surface area contributed by atoms with E-state index >= 15 is 0 Å². The number of benzene rings is 2. The van der Waals surface area contributed by atoms with Crippen LogP contribution in [-0.4, -0.2) is 19.7 Å². The smallest absolute Gasteiger partial charge is 0.229 e. The average molecular weight is 394 g/mol. The van der Waals surface area contributed by atoms with Crippen LogP contribution < -0.4 is 15.2 Å². The molecule has 8 heteroatoms. The second kappa shape index (κ2) is 7.98. The van der Waals surface area contributed by atoms with E-state index in [2.05, 4.69) is 15.8 Å². The molecule has 0 unspecified atom stereocenters. The van der Waals surface area contributed by atoms with E-state index in [4.69, 9.17) is 10.5 Å². The molecular weight excluding hydrogens is 376 g/mol. The molecule has 0 aliphatic carbocycles. The number of nitrogens with one attached hydrogen (secondary N) is 1. The molecule has 0 fully saturated rings. The minimum atomic E-state index is -3.33. The minimum Gasteiger partial charge on any atom is -0.485 e. The van der Waals surface area contributed by atoms with Crippen LogP contribution in [0.3, 0.4) is 0 Å². The van der Waals surface area contributed by atoms with Crippen LogP contribution >= 0.6 is 0 Å². The number of nitrogens with zero attached hydrogens (tertiary/aromatic N) is 2. The van der Waals surface area contributed by atoms with E-state index in [1.165, 1.54) is 0 Å². The number of aromatic nitrogens is 1. The molecule has 3 N–H and O–H groups in total. The molecule has 3 rings (SSSR count). The Labute approximate surface area is 163 Å². The lowest BCUT2D eigenvalue weighted by molar-refractivity contribution is 0.307. The van der Waals surface area contributed by atoms with E-state index in [-0.39, 0.29) is 12.4 Å². The van der Waals surface area contributed by atoms with Gasteiger partial charge in [0.25, 0.3) is 0 Å². The summed E-state index contributed by atoms with van der Waals surface area (Å²) in [6.45, 7) is 0.191. The van der Waals surface area contributed by atoms with Gasteiger partial charge in [0, 0.05) is 23.0 Å². The van der Waals surface area contributed by atoms with E-state index in [1.807, 2.05) is 12.1 Å². The standard InChI is InChI=1S/C20H18N4O3S/c1-28(25,26)24-18-8-6-14(7-9-18)17-10-19(20(22)23-12-17)27-13-16-5-3-2-4-15(16)11-21/h2-10,12,24H,13H2,1H3,(H2,22,23). The highest BCUT2D eigenvalue weighted by Crippen LogP contribution is 2.28. The summed E-state index contributed by atoms with van der Waals surface area (Å²) in [5, 5.41) is 9.17. The maximum absolute atomic E-state index is 11.3. The fraction of sp³-hybridized carbons (Fsp3) is 0.100. The Kier molecular flexibility index (Phi) is 5.47. The van der Waals surface area contributed by atoms with Gasteiger partial charge in [-0.3, -0.25) is 4.72 Å². The predicted octanol–water partition coefficient (Wildman–Crippen LogP) is 3.15. The van der Waals surface area contributed by atoms with Crippen molar-refractivity contribution in [1.82, 2.24) is 4.98 Å². The number of nitrogen functional groups attached to an aromatic ring is 1. The fourth-order valence-corrected chi connectivity index (χ4v) is 3.15. The number of hydrogen-bond acceptors (Lipinski definition) is 6. The van der Waals surface area contributed by atoms with Crippen molar-refractivity contribution in [3.05, 3.63) is 71.9 Å². The molecule has 7 nitrogen and oxygen atoms in total. The molecule has 0 spiro atoms. The summed E-state index contributed by atoms with van der Waals surface area (Å²) in [7, 11) is -3.33. The third-order valence-electron chi connectivity index (χ3n) is 3.92. The summed E-state index contributed by atoms with van der Waals surface area (Å²) >= 11 is 0. The van der Waals surface area contributed by atoms with Crippen molar-refractivity contribution in [3.8, 4) is 22.9 Å². The summed E-state index contributed by atoms with van der Waals surface area (Å²) < 4.78 is 30.8. The molecule has 0 aliphatic heterocycles. The maximum Gasteiger partial charge on any atom is 0.229 e. The second-order valence-corrected chi connectivity index (χ2v) is 7.87. The molecule has 0 radical (unpaired) electrons. The number of sulfonamides is 1. The monoisotopic (exact) mass is 394 g/mol. The van der Waals surface area contributed by atoms with Crippen LogP contribution in [0.1, 0.15) is 11.1 Å². The van der Waals surface area contributed by atoms with Gasteiger partial charge in [-0.25, -0.2) is 13.4 Å². The van der Waals surface area contributed by atoms with Crippen LogP contribution in [0, 0.1) is 11.3 Å². The molecule has 3 aromatic rings. The maximum atomic E-state index is 11.3. The van der Waals surface area contributed by atoms with Crippen LogP contribution in [0.15, 0.2) is 60.8 Å². The number of rotatable bonds is 6. The molecule has 142 valence electrons. The topological polar surface area (TPSA) is 118 Å². The van der Waals surface area contributed by atoms with Crippen LogP contribution in [0.4, 0.5) is 11.5 Å². The zero-order chi connectivity index (χ0) is 20.1. The van der Waals surface area contributed by atoms with Gasteiger partial charge in [-0.15, -0.1) is 0 Å². The van der Waals surface area contributed by atoms with Gasteiger partial charge in [0.2, 0.25) is 10.0 Å². The Morgan fingerprint density at radius 2 is 1.86 bits per heavy atom. The van der Waals surface area contributed by atoms with E-state index in [1.54, 1.807) is 48.7 Å². The lowest BCUT2D eigenvalue weighted by Crippen LogP contribution is -2.09. The molecular formula is C20H18N4O3S. The molecule has 2 aromatic carbocycles. The van der Waals surface area contributed by atoms with Crippen LogP contribution in [0.25, 0.3) is 11.1 Å². The molecule has 0 saturated heterocycles. The van der Waals surface area contributed by atoms with Gasteiger partial charge < -0.3 is 10.5 Å². The highest BCUT2D eigenvalue weighted by atomic mass is 32.2. The normalized spacial score (nSPS) is 10.9. The zero-order valence-corrected chi connectivity index (χ0v) is 15.9. The quantitative estimate of drug-likeness (QED) is 0.663. The predicted molar refractivity (Wildman–Crippen MR) is 108 cm³/mol. The summed E-state index contributed by atoms with van der Waals surface area (Å²) in [6, 6.07) is 17.9. The molecule has 0 aliphatic rings. The van der Waals surface area contributed by atoms with Crippen molar-refractivity contribution >= 4 is 21.5 Å². The van der Waals surface area contributed by atoms with Crippen molar-refractivity contribution in [2.24, 2.45) is 0 Å². The summed E-state index contributed by atoms with van der Waals surface area (Å²) in [5.74, 6) is 0.650. The van der Waals surface area contributed by atoms with Gasteiger partial charge in [0.1, 0.15) is 6.61 Å². The average Bonchev–Trinajstić information content (AvgIpc) is 2.67. The molecule has 1 heterocycles. The second-order valence-electron chi connectivity index (χ2n) is 6.12. The van der Waals surface area contributed by atoms with Gasteiger partial charge in [-0.2, -0.15) is 5.26 Å². The fourth-order valence-electron chi connectivity index (χ4n) is 2.58. The van der Waals surface area contributed by atoms with Crippen LogP contribution in [-0.2, 0) is 16.6 Å². The minimum absolute atomic E-state index is 0.191. The first kappa shape index (κ1) is 19.2. The molecule has 0 saturated carbocycles. The SMILES string of the molecule is CS(=O)(=O)Nc1ccc(-c2cnc(N)c(OCc3ccccc3C#N)c2)cc1.